The monoisotopic (exact) mass is 260 g/mol. The van der Waals surface area contributed by atoms with Crippen LogP contribution in [-0.2, 0) is 17.2 Å². The Morgan fingerprint density at radius 2 is 2.05 bits per heavy atom. The summed E-state index contributed by atoms with van der Waals surface area (Å²) in [6, 6.07) is 5.90. The van der Waals surface area contributed by atoms with Crippen LogP contribution in [0.1, 0.15) is 18.4 Å². The second-order valence-electron chi connectivity index (χ2n) is 5.84. The van der Waals surface area contributed by atoms with E-state index in [1.165, 1.54) is 4.57 Å². The third-order valence-corrected chi connectivity index (χ3v) is 4.78. The molecule has 1 saturated heterocycles. The number of nitrogens with two attached hydrogens (primary N) is 1. The molecule has 0 radical (unpaired) electrons. The molecule has 100 valence electrons. The van der Waals surface area contributed by atoms with E-state index < -0.39 is 0 Å². The average molecular weight is 260 g/mol. The van der Waals surface area contributed by atoms with Gasteiger partial charge in [0.1, 0.15) is 0 Å². The Hall–Kier alpha value is -1.59. The molecule has 1 aliphatic carbocycles. The summed E-state index contributed by atoms with van der Waals surface area (Å²) >= 11 is 0. The number of ether oxygens (including phenoxy) is 1. The minimum absolute atomic E-state index is 0.0888. The lowest BCUT2D eigenvalue weighted by atomic mass is 9.70. The van der Waals surface area contributed by atoms with Gasteiger partial charge < -0.3 is 14.9 Å². The SMILES string of the molecule is Cn1c(=O)oc2ccc(C3(C4(N)CC4)COC3)cc21. The van der Waals surface area contributed by atoms with Crippen molar-refractivity contribution < 1.29 is 9.15 Å². The first kappa shape index (κ1) is 11.3. The number of rotatable bonds is 2. The van der Waals surface area contributed by atoms with Crippen molar-refractivity contribution in [3.8, 4) is 0 Å². The lowest BCUT2D eigenvalue weighted by molar-refractivity contribution is -0.0785. The number of hydrogen-bond donors (Lipinski definition) is 1. The first-order chi connectivity index (χ1) is 9.06. The third-order valence-electron chi connectivity index (χ3n) is 4.78. The maximum absolute atomic E-state index is 11.5. The molecule has 0 bridgehead atoms. The van der Waals surface area contributed by atoms with Gasteiger partial charge >= 0.3 is 5.76 Å². The van der Waals surface area contributed by atoms with Crippen molar-refractivity contribution in [2.45, 2.75) is 23.8 Å². The fourth-order valence-corrected chi connectivity index (χ4v) is 3.09. The number of aryl methyl sites for hydroxylation is 1. The minimum Gasteiger partial charge on any atom is -0.408 e. The van der Waals surface area contributed by atoms with Gasteiger partial charge in [0.05, 0.1) is 24.1 Å². The largest absolute Gasteiger partial charge is 0.419 e. The molecule has 5 nitrogen and oxygen atoms in total. The van der Waals surface area contributed by atoms with E-state index in [-0.39, 0.29) is 16.7 Å². The Kier molecular flexibility index (Phi) is 1.95. The van der Waals surface area contributed by atoms with Gasteiger partial charge in [0.25, 0.3) is 0 Å². The molecule has 0 spiro atoms. The molecule has 1 aromatic carbocycles. The van der Waals surface area contributed by atoms with Crippen LogP contribution in [-0.4, -0.2) is 23.3 Å². The smallest absolute Gasteiger partial charge is 0.408 e. The van der Waals surface area contributed by atoms with E-state index in [9.17, 15) is 4.79 Å². The summed E-state index contributed by atoms with van der Waals surface area (Å²) in [6.45, 7) is 1.33. The molecule has 0 unspecified atom stereocenters. The van der Waals surface area contributed by atoms with Gasteiger partial charge in [0, 0.05) is 12.6 Å². The van der Waals surface area contributed by atoms with Crippen molar-refractivity contribution in [1.82, 2.24) is 4.57 Å². The summed E-state index contributed by atoms with van der Waals surface area (Å²) in [6.07, 6.45) is 2.08. The van der Waals surface area contributed by atoms with Crippen LogP contribution in [0.25, 0.3) is 11.1 Å². The molecular weight excluding hydrogens is 244 g/mol. The van der Waals surface area contributed by atoms with Crippen LogP contribution < -0.4 is 11.5 Å². The van der Waals surface area contributed by atoms with Crippen LogP contribution in [0, 0.1) is 0 Å². The van der Waals surface area contributed by atoms with Gasteiger partial charge in [-0.3, -0.25) is 4.57 Å². The highest BCUT2D eigenvalue weighted by atomic mass is 16.5. The van der Waals surface area contributed by atoms with E-state index in [4.69, 9.17) is 14.9 Å². The number of fused-ring (bicyclic) bond motifs is 1. The van der Waals surface area contributed by atoms with Crippen molar-refractivity contribution in [2.24, 2.45) is 12.8 Å². The summed E-state index contributed by atoms with van der Waals surface area (Å²) in [5, 5.41) is 0. The second-order valence-corrected chi connectivity index (χ2v) is 5.84. The molecule has 0 atom stereocenters. The van der Waals surface area contributed by atoms with Crippen molar-refractivity contribution in [1.29, 1.82) is 0 Å². The molecule has 0 amide bonds. The molecular formula is C14H16N2O3. The predicted molar refractivity (Wildman–Crippen MR) is 70.1 cm³/mol. The summed E-state index contributed by atoms with van der Waals surface area (Å²) in [7, 11) is 1.72. The molecule has 1 saturated carbocycles. The Morgan fingerprint density at radius 1 is 1.32 bits per heavy atom. The van der Waals surface area contributed by atoms with Crippen LogP contribution >= 0.6 is 0 Å². The van der Waals surface area contributed by atoms with E-state index >= 15 is 0 Å². The number of nitrogens with zero attached hydrogens (tertiary/aromatic N) is 1. The highest BCUT2D eigenvalue weighted by molar-refractivity contribution is 5.74. The second kappa shape index (κ2) is 3.29. The van der Waals surface area contributed by atoms with E-state index in [1.54, 1.807) is 7.05 Å². The number of benzene rings is 1. The van der Waals surface area contributed by atoms with E-state index in [0.29, 0.717) is 18.8 Å². The van der Waals surface area contributed by atoms with E-state index in [2.05, 4.69) is 0 Å². The highest BCUT2D eigenvalue weighted by Crippen LogP contribution is 2.53. The summed E-state index contributed by atoms with van der Waals surface area (Å²) in [5.41, 5.74) is 8.80. The zero-order chi connectivity index (χ0) is 13.3. The maximum Gasteiger partial charge on any atom is 0.419 e. The standard InChI is InChI=1S/C14H16N2O3/c1-16-10-6-9(2-3-11(10)19-12(16)17)13(7-18-8-13)14(15)4-5-14/h2-3,6H,4-5,7-8,15H2,1H3. The lowest BCUT2D eigenvalue weighted by Crippen LogP contribution is -2.60. The minimum atomic E-state index is -0.333. The molecule has 2 heterocycles. The maximum atomic E-state index is 11.5. The fourth-order valence-electron chi connectivity index (χ4n) is 3.09. The molecule has 2 aromatic rings. The topological polar surface area (TPSA) is 70.4 Å². The van der Waals surface area contributed by atoms with Gasteiger partial charge in [0.15, 0.2) is 5.58 Å². The molecule has 1 aromatic heterocycles. The molecule has 19 heavy (non-hydrogen) atoms. The molecule has 2 fully saturated rings. The normalized spacial score (nSPS) is 23.3. The van der Waals surface area contributed by atoms with Gasteiger partial charge in [-0.25, -0.2) is 4.79 Å². The third kappa shape index (κ3) is 1.29. The van der Waals surface area contributed by atoms with Gasteiger partial charge in [-0.2, -0.15) is 0 Å². The first-order valence-electron chi connectivity index (χ1n) is 6.53. The fraction of sp³-hybridized carbons (Fsp3) is 0.500. The van der Waals surface area contributed by atoms with Crippen LogP contribution in [0.3, 0.4) is 0 Å². The van der Waals surface area contributed by atoms with Crippen molar-refractivity contribution in [2.75, 3.05) is 13.2 Å². The van der Waals surface area contributed by atoms with Crippen LogP contribution in [0.5, 0.6) is 0 Å². The van der Waals surface area contributed by atoms with Gasteiger partial charge in [-0.15, -0.1) is 0 Å². The summed E-state index contributed by atoms with van der Waals surface area (Å²) < 4.78 is 12.1. The lowest BCUT2D eigenvalue weighted by Gasteiger charge is -2.47. The Balaban J connectivity index is 1.91. The van der Waals surface area contributed by atoms with Crippen molar-refractivity contribution in [3.63, 3.8) is 0 Å². The number of aromatic nitrogens is 1. The molecule has 2 N–H and O–H groups in total. The molecule has 1 aliphatic heterocycles. The predicted octanol–water partition coefficient (Wildman–Crippen LogP) is 0.891. The zero-order valence-corrected chi connectivity index (χ0v) is 10.8. The van der Waals surface area contributed by atoms with E-state index in [0.717, 1.165) is 23.9 Å². The molecule has 4 rings (SSSR count). The van der Waals surface area contributed by atoms with Gasteiger partial charge in [-0.05, 0) is 30.5 Å². The zero-order valence-electron chi connectivity index (χ0n) is 10.8. The number of hydrogen-bond acceptors (Lipinski definition) is 4. The van der Waals surface area contributed by atoms with Crippen LogP contribution in [0.2, 0.25) is 0 Å². The number of oxazole rings is 1. The Bertz CT molecular complexity index is 720. The summed E-state index contributed by atoms with van der Waals surface area (Å²) in [4.78, 5) is 11.5. The Labute approximate surface area is 109 Å². The van der Waals surface area contributed by atoms with Crippen molar-refractivity contribution in [3.05, 3.63) is 34.3 Å². The quantitative estimate of drug-likeness (QED) is 0.870. The Morgan fingerprint density at radius 3 is 2.63 bits per heavy atom. The first-order valence-corrected chi connectivity index (χ1v) is 6.53. The van der Waals surface area contributed by atoms with Crippen LogP contribution in [0.4, 0.5) is 0 Å². The van der Waals surface area contributed by atoms with Gasteiger partial charge in [-0.1, -0.05) is 6.07 Å². The van der Waals surface area contributed by atoms with Crippen molar-refractivity contribution >= 4 is 11.1 Å². The average Bonchev–Trinajstić information content (AvgIpc) is 3.00. The highest BCUT2D eigenvalue weighted by Gasteiger charge is 2.61. The van der Waals surface area contributed by atoms with Gasteiger partial charge in [0.2, 0.25) is 0 Å². The van der Waals surface area contributed by atoms with E-state index in [1.807, 2.05) is 18.2 Å². The summed E-state index contributed by atoms with van der Waals surface area (Å²) in [5.74, 6) is -0.333. The molecule has 2 aliphatic rings. The van der Waals surface area contributed by atoms with Crippen LogP contribution in [0.15, 0.2) is 27.4 Å². The molecule has 5 heteroatoms.